The van der Waals surface area contributed by atoms with E-state index in [-0.39, 0.29) is 17.7 Å². The van der Waals surface area contributed by atoms with Crippen LogP contribution in [0.2, 0.25) is 0 Å². The Kier molecular flexibility index (Phi) is 7.65. The molecule has 0 bridgehead atoms. The van der Waals surface area contributed by atoms with E-state index >= 15 is 0 Å². The molecule has 0 unspecified atom stereocenters. The zero-order valence-electron chi connectivity index (χ0n) is 26.2. The van der Waals surface area contributed by atoms with Gasteiger partial charge in [0.05, 0.1) is 33.4 Å². The molecule has 0 saturated carbocycles. The summed E-state index contributed by atoms with van der Waals surface area (Å²) >= 11 is 0. The van der Waals surface area contributed by atoms with Crippen molar-refractivity contribution in [2.24, 2.45) is 0 Å². The molecule has 0 fully saturated rings. The number of aromatic amines is 1. The van der Waals surface area contributed by atoms with Gasteiger partial charge >= 0.3 is 5.97 Å². The largest absolute Gasteiger partial charge is 0.459 e. The number of ether oxygens (including phenoxy) is 1. The smallest absolute Gasteiger partial charge is 0.316 e. The van der Waals surface area contributed by atoms with Crippen LogP contribution >= 0.6 is 0 Å². The Morgan fingerprint density at radius 3 is 2.28 bits per heavy atom. The molecule has 0 radical (unpaired) electrons. The van der Waals surface area contributed by atoms with Crippen LogP contribution in [0.4, 0.5) is 17.1 Å². The number of nitrogens with one attached hydrogen (secondary N) is 4. The number of nitrogens with zero attached hydrogens (tertiary/aromatic N) is 2. The number of imidazole rings is 1. The summed E-state index contributed by atoms with van der Waals surface area (Å²) in [6.07, 6.45) is 3.35. The summed E-state index contributed by atoms with van der Waals surface area (Å²) in [5, 5.41) is 9.21. The molecule has 3 heterocycles. The van der Waals surface area contributed by atoms with Gasteiger partial charge in [0, 0.05) is 34.9 Å². The molecule has 0 aliphatic carbocycles. The van der Waals surface area contributed by atoms with Crippen LogP contribution in [0.1, 0.15) is 61.9 Å². The second kappa shape index (κ2) is 11.6. The second-order valence-corrected chi connectivity index (χ2v) is 12.6. The number of hydrogen-bond acceptors (Lipinski definition) is 7. The Labute approximate surface area is 266 Å². The van der Waals surface area contributed by atoms with Crippen molar-refractivity contribution >= 4 is 57.1 Å². The Morgan fingerprint density at radius 2 is 1.59 bits per heavy atom. The van der Waals surface area contributed by atoms with Crippen molar-refractivity contribution in [3.63, 3.8) is 0 Å². The van der Waals surface area contributed by atoms with Crippen LogP contribution in [-0.4, -0.2) is 38.3 Å². The highest BCUT2D eigenvalue weighted by Crippen LogP contribution is 2.39. The lowest BCUT2D eigenvalue weighted by Crippen LogP contribution is -2.36. The molecule has 0 spiro atoms. The summed E-state index contributed by atoms with van der Waals surface area (Å²) in [5.41, 5.74) is 4.93. The lowest BCUT2D eigenvalue weighted by Gasteiger charge is -2.29. The van der Waals surface area contributed by atoms with Gasteiger partial charge in [0.1, 0.15) is 5.60 Å². The Morgan fingerprint density at radius 1 is 0.848 bits per heavy atom. The van der Waals surface area contributed by atoms with E-state index in [4.69, 9.17) is 4.74 Å². The average Bonchev–Trinajstić information content (AvgIpc) is 3.60. The number of amides is 2. The van der Waals surface area contributed by atoms with Gasteiger partial charge in [-0.3, -0.25) is 19.4 Å². The molecule has 2 aromatic heterocycles. The number of benzene rings is 3. The number of fused-ring (bicyclic) bond motifs is 2. The van der Waals surface area contributed by atoms with Gasteiger partial charge in [-0.1, -0.05) is 24.3 Å². The first-order valence-electron chi connectivity index (χ1n) is 14.9. The maximum absolute atomic E-state index is 13.5. The minimum Gasteiger partial charge on any atom is -0.459 e. The monoisotopic (exact) mass is 614 g/mol. The molecule has 1 aliphatic rings. The number of rotatable bonds is 7. The third-order valence-corrected chi connectivity index (χ3v) is 7.61. The van der Waals surface area contributed by atoms with E-state index in [2.05, 4.69) is 30.9 Å². The second-order valence-electron chi connectivity index (χ2n) is 12.6. The van der Waals surface area contributed by atoms with Gasteiger partial charge < -0.3 is 25.7 Å². The molecule has 1 aliphatic heterocycles. The van der Waals surface area contributed by atoms with E-state index in [1.54, 1.807) is 36.7 Å². The van der Waals surface area contributed by atoms with Crippen LogP contribution in [0, 0.1) is 0 Å². The summed E-state index contributed by atoms with van der Waals surface area (Å²) in [4.78, 5) is 51.0. The lowest BCUT2D eigenvalue weighted by molar-refractivity contribution is -0.160. The van der Waals surface area contributed by atoms with Crippen molar-refractivity contribution in [2.75, 3.05) is 16.0 Å². The zero-order chi connectivity index (χ0) is 32.6. The molecule has 5 aromatic rings. The molecule has 4 N–H and O–H groups in total. The van der Waals surface area contributed by atoms with Crippen molar-refractivity contribution in [2.45, 2.75) is 45.6 Å². The number of pyridine rings is 1. The molecule has 3 aromatic carbocycles. The van der Waals surface area contributed by atoms with Crippen LogP contribution in [0.25, 0.3) is 22.3 Å². The van der Waals surface area contributed by atoms with E-state index in [1.165, 1.54) is 0 Å². The summed E-state index contributed by atoms with van der Waals surface area (Å²) < 4.78 is 5.65. The molecule has 0 atom stereocenters. The van der Waals surface area contributed by atoms with Gasteiger partial charge in [-0.2, -0.15) is 0 Å². The third-order valence-electron chi connectivity index (χ3n) is 7.61. The fourth-order valence-corrected chi connectivity index (χ4v) is 5.18. The van der Waals surface area contributed by atoms with Crippen LogP contribution in [-0.2, 0) is 19.7 Å². The molecule has 2 amide bonds. The number of anilines is 3. The van der Waals surface area contributed by atoms with Crippen LogP contribution < -0.4 is 16.0 Å². The summed E-state index contributed by atoms with van der Waals surface area (Å²) in [6.45, 7) is 9.20. The number of carbonyl (C=O) groups is 3. The molecule has 10 heteroatoms. The third kappa shape index (κ3) is 6.10. The average molecular weight is 615 g/mol. The highest BCUT2D eigenvalue weighted by molar-refractivity contribution is 6.37. The quantitative estimate of drug-likeness (QED) is 0.117. The van der Waals surface area contributed by atoms with Crippen molar-refractivity contribution in [3.05, 3.63) is 114 Å². The number of para-hydroxylation sites is 2. The Hall–Kier alpha value is -5.77. The molecule has 6 rings (SSSR count). The van der Waals surface area contributed by atoms with Gasteiger partial charge in [0.15, 0.2) is 5.82 Å². The van der Waals surface area contributed by atoms with Gasteiger partial charge in [-0.15, -0.1) is 0 Å². The minimum absolute atomic E-state index is 0.190. The molecular weight excluding hydrogens is 580 g/mol. The highest BCUT2D eigenvalue weighted by atomic mass is 16.6. The number of carbonyl (C=O) groups excluding carboxylic acids is 3. The van der Waals surface area contributed by atoms with Gasteiger partial charge in [0.2, 0.25) is 0 Å². The van der Waals surface area contributed by atoms with Gasteiger partial charge in [0.25, 0.3) is 11.8 Å². The molecule has 0 saturated heterocycles. The number of hydrogen-bond donors (Lipinski definition) is 4. The molecule has 10 nitrogen and oxygen atoms in total. The number of esters is 1. The predicted octanol–water partition coefficient (Wildman–Crippen LogP) is 6.76. The zero-order valence-corrected chi connectivity index (χ0v) is 26.2. The Balaban J connectivity index is 1.29. The van der Waals surface area contributed by atoms with E-state index < -0.39 is 16.9 Å². The first kappa shape index (κ1) is 30.3. The first-order valence-corrected chi connectivity index (χ1v) is 14.9. The fraction of sp³-hybridized carbons (Fsp3) is 0.194. The SMILES string of the molecule is CC(C)(C)OC(=O)C(C)(C)c1ccc(N/C(=C2\C(=O)Nc3cc(NC(=O)c4nc5ccccc5[nH]4)ccc32)c2cccnc2)cc1. The van der Waals surface area contributed by atoms with Crippen LogP contribution in [0.5, 0.6) is 0 Å². The summed E-state index contributed by atoms with van der Waals surface area (Å²) in [5.74, 6) is -0.821. The first-order chi connectivity index (χ1) is 21.9. The van der Waals surface area contributed by atoms with E-state index in [0.717, 1.165) is 11.1 Å². The highest BCUT2D eigenvalue weighted by Gasteiger charge is 2.34. The number of aromatic nitrogens is 3. The minimum atomic E-state index is -0.863. The van der Waals surface area contributed by atoms with E-state index in [1.807, 2.05) is 89.2 Å². The van der Waals surface area contributed by atoms with E-state index in [9.17, 15) is 14.4 Å². The van der Waals surface area contributed by atoms with Crippen molar-refractivity contribution in [3.8, 4) is 0 Å². The van der Waals surface area contributed by atoms with Crippen molar-refractivity contribution in [1.29, 1.82) is 0 Å². The standard InChI is InChI=1S/C36H34N6O4/c1-35(2,3)46-34(45)36(4,5)22-12-14-23(15-13-22)38-30(21-9-8-18-37-20-21)29-25-17-16-24(19-28(25)42-32(29)43)39-33(44)31-40-26-10-6-7-11-27(26)41-31/h6-20,38H,1-5H3,(H,39,44)(H,40,41)(H,42,43)/b30-29-. The maximum Gasteiger partial charge on any atom is 0.316 e. The molecular formula is C36H34N6O4. The summed E-state index contributed by atoms with van der Waals surface area (Å²) in [7, 11) is 0. The Bertz CT molecular complexity index is 1970. The topological polar surface area (TPSA) is 138 Å². The van der Waals surface area contributed by atoms with Gasteiger partial charge in [-0.25, -0.2) is 4.98 Å². The van der Waals surface area contributed by atoms with Crippen molar-refractivity contribution in [1.82, 2.24) is 15.0 Å². The summed E-state index contributed by atoms with van der Waals surface area (Å²) in [6, 6.07) is 23.8. The predicted molar refractivity (Wildman–Crippen MR) is 179 cm³/mol. The molecule has 46 heavy (non-hydrogen) atoms. The van der Waals surface area contributed by atoms with Crippen LogP contribution in [0.3, 0.4) is 0 Å². The van der Waals surface area contributed by atoms with E-state index in [0.29, 0.717) is 45.0 Å². The lowest BCUT2D eigenvalue weighted by atomic mass is 9.84. The van der Waals surface area contributed by atoms with Crippen LogP contribution in [0.15, 0.2) is 91.3 Å². The van der Waals surface area contributed by atoms with Gasteiger partial charge in [-0.05, 0) is 94.8 Å². The molecule has 232 valence electrons. The fourth-order valence-electron chi connectivity index (χ4n) is 5.18. The number of H-pyrrole nitrogens is 1. The maximum atomic E-state index is 13.5. The normalized spacial score (nSPS) is 14.0. The van der Waals surface area contributed by atoms with Crippen molar-refractivity contribution < 1.29 is 19.1 Å².